The minimum atomic E-state index is -4.41. The number of alkyl halides is 3. The summed E-state index contributed by atoms with van der Waals surface area (Å²) in [5.41, 5.74) is 5.82. The molecule has 9 heteroatoms. The molecular weight excluding hydrogens is 341 g/mol. The number of halogens is 3. The van der Waals surface area contributed by atoms with Gasteiger partial charge in [0.15, 0.2) is 5.16 Å². The Hall–Kier alpha value is -2.29. The number of nitrogens with zero attached hydrogens (tertiary/aromatic N) is 2. The van der Waals surface area contributed by atoms with Crippen molar-refractivity contribution < 1.29 is 18.0 Å². The van der Waals surface area contributed by atoms with Gasteiger partial charge in [0.25, 0.3) is 0 Å². The van der Waals surface area contributed by atoms with Crippen LogP contribution >= 0.6 is 11.8 Å². The molecule has 0 aliphatic rings. The number of aryl methyl sites for hydroxylation is 1. The zero-order valence-corrected chi connectivity index (χ0v) is 13.7. The fraction of sp³-hybridized carbons (Fsp3) is 0.267. The van der Waals surface area contributed by atoms with Gasteiger partial charge in [0.1, 0.15) is 5.82 Å². The summed E-state index contributed by atoms with van der Waals surface area (Å²) >= 11 is 1.11. The summed E-state index contributed by atoms with van der Waals surface area (Å²) in [5, 5.41) is 2.37. The van der Waals surface area contributed by atoms with Crippen LogP contribution in [0.15, 0.2) is 35.5 Å². The van der Waals surface area contributed by atoms with Gasteiger partial charge in [0.05, 0.1) is 10.8 Å². The molecule has 0 aliphatic carbocycles. The van der Waals surface area contributed by atoms with Gasteiger partial charge in [0.2, 0.25) is 5.91 Å². The van der Waals surface area contributed by atoms with E-state index in [9.17, 15) is 18.0 Å². The molecule has 1 unspecified atom stereocenters. The van der Waals surface area contributed by atoms with E-state index in [0.717, 1.165) is 23.9 Å². The Morgan fingerprint density at radius 2 is 1.88 bits per heavy atom. The number of nitrogen functional groups attached to an aromatic ring is 1. The number of thioether (sulfide) groups is 1. The van der Waals surface area contributed by atoms with Crippen molar-refractivity contribution in [1.29, 1.82) is 0 Å². The predicted molar refractivity (Wildman–Crippen MR) is 86.6 cm³/mol. The maximum atomic E-state index is 12.5. The third-order valence-corrected chi connectivity index (χ3v) is 3.95. The monoisotopic (exact) mass is 356 g/mol. The molecule has 0 saturated heterocycles. The van der Waals surface area contributed by atoms with Gasteiger partial charge in [-0.3, -0.25) is 4.79 Å². The highest BCUT2D eigenvalue weighted by molar-refractivity contribution is 8.00. The minimum Gasteiger partial charge on any atom is -0.384 e. The van der Waals surface area contributed by atoms with E-state index >= 15 is 0 Å². The van der Waals surface area contributed by atoms with Crippen LogP contribution in [0.5, 0.6) is 0 Å². The Labute approximate surface area is 140 Å². The lowest BCUT2D eigenvalue weighted by Gasteiger charge is -2.12. The molecule has 0 saturated carbocycles. The normalized spacial score (nSPS) is 12.7. The molecule has 0 aliphatic heterocycles. The molecule has 1 aromatic carbocycles. The van der Waals surface area contributed by atoms with Crippen molar-refractivity contribution in [2.45, 2.75) is 30.4 Å². The van der Waals surface area contributed by atoms with Crippen LogP contribution in [0.25, 0.3) is 0 Å². The number of rotatable bonds is 4. The van der Waals surface area contributed by atoms with Gasteiger partial charge < -0.3 is 11.1 Å². The lowest BCUT2D eigenvalue weighted by atomic mass is 10.2. The van der Waals surface area contributed by atoms with E-state index in [1.54, 1.807) is 19.9 Å². The van der Waals surface area contributed by atoms with Crippen LogP contribution < -0.4 is 11.1 Å². The number of nitrogens with two attached hydrogens (primary N) is 1. The quantitative estimate of drug-likeness (QED) is 0.647. The van der Waals surface area contributed by atoms with Crippen LogP contribution in [-0.2, 0) is 11.0 Å². The number of nitrogens with one attached hydrogen (secondary N) is 1. The average Bonchev–Trinajstić information content (AvgIpc) is 2.45. The fourth-order valence-corrected chi connectivity index (χ4v) is 2.65. The van der Waals surface area contributed by atoms with Crippen molar-refractivity contribution in [3.8, 4) is 0 Å². The number of amides is 1. The molecule has 1 aromatic heterocycles. The van der Waals surface area contributed by atoms with E-state index in [0.29, 0.717) is 16.7 Å². The summed E-state index contributed by atoms with van der Waals surface area (Å²) in [6, 6.07) is 5.85. The van der Waals surface area contributed by atoms with Crippen LogP contribution in [-0.4, -0.2) is 21.1 Å². The molecular formula is C15H15F3N4OS. The van der Waals surface area contributed by atoms with Crippen molar-refractivity contribution in [2.75, 3.05) is 11.1 Å². The molecule has 3 N–H and O–H groups in total. The second-order valence-electron chi connectivity index (χ2n) is 5.04. The Kier molecular flexibility index (Phi) is 5.33. The maximum absolute atomic E-state index is 12.5. The van der Waals surface area contributed by atoms with Gasteiger partial charge >= 0.3 is 6.18 Å². The third-order valence-electron chi connectivity index (χ3n) is 2.98. The second kappa shape index (κ2) is 7.08. The first kappa shape index (κ1) is 18.1. The smallest absolute Gasteiger partial charge is 0.384 e. The Balaban J connectivity index is 2.01. The van der Waals surface area contributed by atoms with E-state index in [4.69, 9.17) is 5.73 Å². The molecule has 2 rings (SSSR count). The van der Waals surface area contributed by atoms with E-state index in [1.165, 1.54) is 12.1 Å². The molecule has 24 heavy (non-hydrogen) atoms. The lowest BCUT2D eigenvalue weighted by molar-refractivity contribution is -0.137. The highest BCUT2D eigenvalue weighted by Crippen LogP contribution is 2.30. The summed E-state index contributed by atoms with van der Waals surface area (Å²) in [6.07, 6.45) is -4.41. The summed E-state index contributed by atoms with van der Waals surface area (Å²) in [7, 11) is 0. The number of hydrogen-bond donors (Lipinski definition) is 2. The number of carbonyl (C=O) groups excluding carboxylic acids is 1. The molecule has 0 bridgehead atoms. The van der Waals surface area contributed by atoms with Gasteiger partial charge in [-0.05, 0) is 38.1 Å². The van der Waals surface area contributed by atoms with Crippen LogP contribution in [0, 0.1) is 6.92 Å². The number of anilines is 2. The zero-order chi connectivity index (χ0) is 17.9. The molecule has 128 valence electrons. The summed E-state index contributed by atoms with van der Waals surface area (Å²) in [6.45, 7) is 3.40. The van der Waals surface area contributed by atoms with Crippen LogP contribution in [0.4, 0.5) is 24.7 Å². The van der Waals surface area contributed by atoms with E-state index in [1.807, 2.05) is 0 Å². The Morgan fingerprint density at radius 3 is 2.42 bits per heavy atom. The van der Waals surface area contributed by atoms with Gasteiger partial charge in [0, 0.05) is 17.4 Å². The van der Waals surface area contributed by atoms with Crippen molar-refractivity contribution in [3.05, 3.63) is 41.6 Å². The van der Waals surface area contributed by atoms with Crippen molar-refractivity contribution in [3.63, 3.8) is 0 Å². The molecule has 0 radical (unpaired) electrons. The molecule has 2 aromatic rings. The standard InChI is InChI=1S/C15H15F3N4OS/c1-8-7-12(19)22-14(20-8)24-9(2)13(23)21-11-5-3-10(4-6-11)15(16,17)18/h3-7,9H,1-2H3,(H,21,23)(H2,19,20,22). The Bertz CT molecular complexity index is 714. The van der Waals surface area contributed by atoms with Crippen LogP contribution in [0.1, 0.15) is 18.2 Å². The van der Waals surface area contributed by atoms with Crippen LogP contribution in [0.3, 0.4) is 0 Å². The van der Waals surface area contributed by atoms with Gasteiger partial charge in [-0.2, -0.15) is 13.2 Å². The topological polar surface area (TPSA) is 80.9 Å². The van der Waals surface area contributed by atoms with E-state index in [2.05, 4.69) is 15.3 Å². The van der Waals surface area contributed by atoms with Crippen LogP contribution in [0.2, 0.25) is 0 Å². The molecule has 1 amide bonds. The lowest BCUT2D eigenvalue weighted by Crippen LogP contribution is -2.22. The molecule has 0 fully saturated rings. The fourth-order valence-electron chi connectivity index (χ4n) is 1.82. The molecule has 0 spiro atoms. The molecule has 5 nitrogen and oxygen atoms in total. The van der Waals surface area contributed by atoms with Gasteiger partial charge in [-0.15, -0.1) is 0 Å². The predicted octanol–water partition coefficient (Wildman–Crippen LogP) is 3.51. The van der Waals surface area contributed by atoms with E-state index in [-0.39, 0.29) is 11.6 Å². The number of benzene rings is 1. The summed E-state index contributed by atoms with van der Waals surface area (Å²) in [4.78, 5) is 20.3. The molecule has 1 heterocycles. The largest absolute Gasteiger partial charge is 0.416 e. The highest BCUT2D eigenvalue weighted by atomic mass is 32.2. The Morgan fingerprint density at radius 1 is 1.25 bits per heavy atom. The van der Waals surface area contributed by atoms with Gasteiger partial charge in [-0.25, -0.2) is 9.97 Å². The number of aromatic nitrogens is 2. The SMILES string of the molecule is Cc1cc(N)nc(SC(C)C(=O)Nc2ccc(C(F)(F)F)cc2)n1. The van der Waals surface area contributed by atoms with Gasteiger partial charge in [-0.1, -0.05) is 11.8 Å². The minimum absolute atomic E-state index is 0.283. The zero-order valence-electron chi connectivity index (χ0n) is 12.9. The first-order valence-corrected chi connectivity index (χ1v) is 7.79. The summed E-state index contributed by atoms with van der Waals surface area (Å²) < 4.78 is 37.5. The maximum Gasteiger partial charge on any atom is 0.416 e. The first-order valence-electron chi connectivity index (χ1n) is 6.91. The first-order chi connectivity index (χ1) is 11.1. The second-order valence-corrected chi connectivity index (χ2v) is 6.35. The van der Waals surface area contributed by atoms with E-state index < -0.39 is 17.0 Å². The molecule has 1 atom stereocenters. The highest BCUT2D eigenvalue weighted by Gasteiger charge is 2.30. The number of carbonyl (C=O) groups is 1. The van der Waals surface area contributed by atoms with Crippen molar-refractivity contribution in [2.24, 2.45) is 0 Å². The average molecular weight is 356 g/mol. The van der Waals surface area contributed by atoms with Crippen molar-refractivity contribution in [1.82, 2.24) is 9.97 Å². The number of hydrogen-bond acceptors (Lipinski definition) is 5. The summed E-state index contributed by atoms with van der Waals surface area (Å²) in [5.74, 6) is -0.0659. The van der Waals surface area contributed by atoms with Crippen molar-refractivity contribution >= 4 is 29.2 Å². The third kappa shape index (κ3) is 4.85.